The molecule has 0 amide bonds. The van der Waals surface area contributed by atoms with Gasteiger partial charge in [0.25, 0.3) is 10.0 Å². The fourth-order valence-electron chi connectivity index (χ4n) is 2.85. The molecule has 1 aromatic heterocycles. The lowest BCUT2D eigenvalue weighted by Gasteiger charge is -2.26. The second kappa shape index (κ2) is 9.34. The minimum absolute atomic E-state index is 0.0904. The van der Waals surface area contributed by atoms with Gasteiger partial charge in [0.2, 0.25) is 0 Å². The first kappa shape index (κ1) is 21.2. The topological polar surface area (TPSA) is 83.1 Å². The third kappa shape index (κ3) is 5.53. The maximum Gasteiger partial charge on any atom is 0.266 e. The third-order valence-corrected chi connectivity index (χ3v) is 6.98. The van der Waals surface area contributed by atoms with Crippen molar-refractivity contribution in [3.63, 3.8) is 0 Å². The van der Waals surface area contributed by atoms with E-state index in [-0.39, 0.29) is 10.2 Å². The molecular formula is C17H21ClF2N4O2S2. The number of nitrogens with zero attached hydrogens (tertiary/aromatic N) is 1. The predicted molar refractivity (Wildman–Crippen MR) is 108 cm³/mol. The van der Waals surface area contributed by atoms with E-state index < -0.39 is 25.9 Å². The van der Waals surface area contributed by atoms with Crippen LogP contribution in [0, 0.1) is 16.9 Å². The summed E-state index contributed by atoms with van der Waals surface area (Å²) in [5.74, 6) is -0.158. The fraction of sp³-hybridized carbons (Fsp3) is 0.471. The summed E-state index contributed by atoms with van der Waals surface area (Å²) in [5, 5.41) is 5.54. The molecule has 154 valence electrons. The number of rotatable bonds is 10. The van der Waals surface area contributed by atoms with Gasteiger partial charge in [0, 0.05) is 6.54 Å². The van der Waals surface area contributed by atoms with E-state index in [2.05, 4.69) is 15.6 Å². The molecule has 0 aliphatic carbocycles. The van der Waals surface area contributed by atoms with E-state index in [1.165, 1.54) is 6.42 Å². The monoisotopic (exact) mass is 450 g/mol. The van der Waals surface area contributed by atoms with Gasteiger partial charge in [-0.15, -0.1) is 0 Å². The van der Waals surface area contributed by atoms with Crippen molar-refractivity contribution >= 4 is 43.8 Å². The molecule has 0 saturated carbocycles. The summed E-state index contributed by atoms with van der Waals surface area (Å²) in [4.78, 5) is 2.95. The first-order valence-electron chi connectivity index (χ1n) is 8.93. The Kier molecular flexibility index (Phi) is 7.08. The molecule has 0 spiro atoms. The number of halogens is 3. The standard InChI is InChI=1S/C17H21ClF2N4O2S2/c18-12-6-15(28(25,26)24-17-23-10-16(20)27-17)13(19)7-14(12)22-5-3-1-2-4-11-8-21-9-11/h6-7,10-11,21-22H,1-5,8-9H2,(H,23,24). The van der Waals surface area contributed by atoms with Gasteiger partial charge in [-0.2, -0.15) is 4.39 Å². The minimum atomic E-state index is -4.27. The second-order valence-electron chi connectivity index (χ2n) is 6.64. The van der Waals surface area contributed by atoms with E-state index in [1.54, 1.807) is 0 Å². The van der Waals surface area contributed by atoms with Gasteiger partial charge in [0.1, 0.15) is 10.7 Å². The summed E-state index contributed by atoms with van der Waals surface area (Å²) in [7, 11) is -4.27. The quantitative estimate of drug-likeness (QED) is 0.475. The van der Waals surface area contributed by atoms with Gasteiger partial charge in [0.05, 0.1) is 16.9 Å². The highest BCUT2D eigenvalue weighted by molar-refractivity contribution is 7.93. The summed E-state index contributed by atoms with van der Waals surface area (Å²) in [5.41, 5.74) is 0.335. The highest BCUT2D eigenvalue weighted by Crippen LogP contribution is 2.30. The van der Waals surface area contributed by atoms with Crippen molar-refractivity contribution in [2.24, 2.45) is 5.92 Å². The van der Waals surface area contributed by atoms with Gasteiger partial charge < -0.3 is 10.6 Å². The number of sulfonamides is 1. The van der Waals surface area contributed by atoms with E-state index >= 15 is 0 Å². The first-order chi connectivity index (χ1) is 13.3. The summed E-state index contributed by atoms with van der Waals surface area (Å²) in [6, 6.07) is 2.09. The van der Waals surface area contributed by atoms with E-state index in [0.717, 1.165) is 56.6 Å². The Bertz CT molecular complexity index is 920. The largest absolute Gasteiger partial charge is 0.384 e. The van der Waals surface area contributed by atoms with Crippen LogP contribution in [0.3, 0.4) is 0 Å². The van der Waals surface area contributed by atoms with Crippen molar-refractivity contribution in [2.45, 2.75) is 30.6 Å². The molecule has 3 rings (SSSR count). The molecule has 6 nitrogen and oxygen atoms in total. The zero-order valence-corrected chi connectivity index (χ0v) is 17.4. The minimum Gasteiger partial charge on any atom is -0.384 e. The normalized spacial score (nSPS) is 14.7. The Morgan fingerprint density at radius 3 is 2.68 bits per heavy atom. The zero-order valence-electron chi connectivity index (χ0n) is 15.0. The number of hydrogen-bond donors (Lipinski definition) is 3. The molecule has 1 aliphatic heterocycles. The molecule has 1 aromatic carbocycles. The number of unbranched alkanes of at least 4 members (excludes halogenated alkanes) is 2. The molecule has 1 saturated heterocycles. The van der Waals surface area contributed by atoms with Gasteiger partial charge in [-0.25, -0.2) is 17.8 Å². The van der Waals surface area contributed by atoms with E-state index in [0.29, 0.717) is 23.6 Å². The highest BCUT2D eigenvalue weighted by atomic mass is 35.5. The van der Waals surface area contributed by atoms with Crippen LogP contribution in [0.4, 0.5) is 19.6 Å². The van der Waals surface area contributed by atoms with Crippen LogP contribution in [0.2, 0.25) is 5.02 Å². The van der Waals surface area contributed by atoms with Gasteiger partial charge in [-0.1, -0.05) is 35.8 Å². The Labute approximate surface area is 171 Å². The number of thiazole rings is 1. The Morgan fingerprint density at radius 2 is 2.04 bits per heavy atom. The average molecular weight is 451 g/mol. The Balaban J connectivity index is 1.55. The molecule has 1 aliphatic rings. The Hall–Kier alpha value is -1.49. The number of hydrogen-bond acceptors (Lipinski definition) is 6. The molecule has 0 unspecified atom stereocenters. The van der Waals surface area contributed by atoms with E-state index in [4.69, 9.17) is 11.6 Å². The van der Waals surface area contributed by atoms with Crippen LogP contribution in [-0.4, -0.2) is 33.0 Å². The van der Waals surface area contributed by atoms with E-state index in [1.807, 2.05) is 4.72 Å². The second-order valence-corrected chi connectivity index (χ2v) is 9.68. The van der Waals surface area contributed by atoms with Crippen molar-refractivity contribution in [3.8, 4) is 0 Å². The predicted octanol–water partition coefficient (Wildman–Crippen LogP) is 4.07. The SMILES string of the molecule is O=S(=O)(Nc1ncc(F)s1)c1cc(Cl)c(NCCCCCC2CNC2)cc1F. The van der Waals surface area contributed by atoms with Crippen molar-refractivity contribution in [3.05, 3.63) is 34.3 Å². The summed E-state index contributed by atoms with van der Waals surface area (Å²) in [6.45, 7) is 2.83. The van der Waals surface area contributed by atoms with Crippen LogP contribution in [0.25, 0.3) is 0 Å². The first-order valence-corrected chi connectivity index (χ1v) is 11.6. The molecular weight excluding hydrogens is 430 g/mol. The lowest BCUT2D eigenvalue weighted by Crippen LogP contribution is -2.41. The van der Waals surface area contributed by atoms with Crippen LogP contribution in [0.15, 0.2) is 23.2 Å². The molecule has 1 fully saturated rings. The summed E-state index contributed by atoms with van der Waals surface area (Å²) in [6.07, 6.45) is 5.21. The van der Waals surface area contributed by atoms with Crippen molar-refractivity contribution < 1.29 is 17.2 Å². The van der Waals surface area contributed by atoms with Crippen LogP contribution in [-0.2, 0) is 10.0 Å². The lowest BCUT2D eigenvalue weighted by atomic mass is 9.96. The molecule has 2 heterocycles. The molecule has 0 radical (unpaired) electrons. The molecule has 0 bridgehead atoms. The molecule has 11 heteroatoms. The molecule has 28 heavy (non-hydrogen) atoms. The Morgan fingerprint density at radius 1 is 1.25 bits per heavy atom. The number of aromatic nitrogens is 1. The number of benzene rings is 1. The molecule has 3 N–H and O–H groups in total. The number of nitrogens with one attached hydrogen (secondary N) is 3. The van der Waals surface area contributed by atoms with Gasteiger partial charge in [-0.05, 0) is 44.0 Å². The maximum absolute atomic E-state index is 14.4. The fourth-order valence-corrected chi connectivity index (χ4v) is 5.02. The van der Waals surface area contributed by atoms with E-state index in [9.17, 15) is 17.2 Å². The van der Waals surface area contributed by atoms with Crippen molar-refractivity contribution in [1.82, 2.24) is 10.3 Å². The summed E-state index contributed by atoms with van der Waals surface area (Å²) >= 11 is 6.63. The lowest BCUT2D eigenvalue weighted by molar-refractivity contribution is 0.317. The maximum atomic E-state index is 14.4. The van der Waals surface area contributed by atoms with Crippen LogP contribution < -0.4 is 15.4 Å². The molecule has 2 aromatic rings. The van der Waals surface area contributed by atoms with Crippen molar-refractivity contribution in [1.29, 1.82) is 0 Å². The van der Waals surface area contributed by atoms with Crippen LogP contribution in [0.5, 0.6) is 0 Å². The van der Waals surface area contributed by atoms with Crippen LogP contribution >= 0.6 is 22.9 Å². The zero-order chi connectivity index (χ0) is 20.1. The number of anilines is 2. The van der Waals surface area contributed by atoms with Gasteiger partial charge >= 0.3 is 0 Å². The van der Waals surface area contributed by atoms with Gasteiger partial charge in [-0.3, -0.25) is 4.72 Å². The van der Waals surface area contributed by atoms with Gasteiger partial charge in [0.15, 0.2) is 10.3 Å². The summed E-state index contributed by atoms with van der Waals surface area (Å²) < 4.78 is 54.0. The smallest absolute Gasteiger partial charge is 0.266 e. The highest BCUT2D eigenvalue weighted by Gasteiger charge is 2.23. The van der Waals surface area contributed by atoms with Crippen LogP contribution in [0.1, 0.15) is 25.7 Å². The van der Waals surface area contributed by atoms with Crippen molar-refractivity contribution in [2.75, 3.05) is 29.7 Å². The molecule has 0 atom stereocenters. The average Bonchev–Trinajstić information content (AvgIpc) is 2.99. The third-order valence-electron chi connectivity index (χ3n) is 4.48.